The Labute approximate surface area is 293 Å². The van der Waals surface area contributed by atoms with Crippen LogP contribution in [0.5, 0.6) is 17.2 Å². The summed E-state index contributed by atoms with van der Waals surface area (Å²) in [4.78, 5) is 54.1. The summed E-state index contributed by atoms with van der Waals surface area (Å²) in [6.45, 7) is 1.72. The largest absolute Gasteiger partial charge is 0.508 e. The Morgan fingerprint density at radius 3 is 2.29 bits per heavy atom. The fourth-order valence-corrected chi connectivity index (χ4v) is 9.14. The number of anilines is 1. The molecule has 0 unspecified atom stereocenters. The van der Waals surface area contributed by atoms with Gasteiger partial charge in [0.2, 0.25) is 11.8 Å². The normalized spacial score (nSPS) is 29.2. The predicted octanol–water partition coefficient (Wildman–Crippen LogP) is 6.08. The highest BCUT2D eigenvalue weighted by Crippen LogP contribution is 2.65. The van der Waals surface area contributed by atoms with E-state index in [2.05, 4.69) is 0 Å². The number of likely N-dealkylation sites (tertiary alicyclic amines) is 1. The first-order valence-corrected chi connectivity index (χ1v) is 16.7. The lowest BCUT2D eigenvalue weighted by molar-refractivity contribution is -0.138. The summed E-state index contributed by atoms with van der Waals surface area (Å²) < 4.78 is 10.8. The summed E-state index contributed by atoms with van der Waals surface area (Å²) in [7, 11) is 4.55. The van der Waals surface area contributed by atoms with Crippen molar-refractivity contribution < 1.29 is 33.8 Å². The lowest BCUT2D eigenvalue weighted by Crippen LogP contribution is -2.60. The van der Waals surface area contributed by atoms with Gasteiger partial charge in [-0.3, -0.25) is 29.0 Å². The molecule has 6 atom stereocenters. The van der Waals surface area contributed by atoms with Gasteiger partial charge in [0.15, 0.2) is 9.75 Å². The minimum Gasteiger partial charge on any atom is -0.508 e. The SMILES string of the molecule is COc1ccc(OC)c(C=Cc2ccc(N3C(=O)[C@H]4[C@H](CC=C5[C@H]4C[C@@]4(Cl)C(=O)N(C)C(=O)[C@@]4(Cl)[C@H]5c4ccc(O)c(C)c4)C3=O)cc2)c1. The second-order valence-electron chi connectivity index (χ2n) is 13.1. The molecule has 1 saturated carbocycles. The lowest BCUT2D eigenvalue weighted by Gasteiger charge is -2.50. The zero-order chi connectivity index (χ0) is 35.0. The molecule has 1 N–H and O–H groups in total. The summed E-state index contributed by atoms with van der Waals surface area (Å²) >= 11 is 14.5. The number of carbonyl (C=O) groups excluding carboxylic acids is 4. The second-order valence-corrected chi connectivity index (χ2v) is 14.3. The Balaban J connectivity index is 1.22. The highest BCUT2D eigenvalue weighted by atomic mass is 35.5. The molecule has 2 saturated heterocycles. The summed E-state index contributed by atoms with van der Waals surface area (Å²) in [5, 5.41) is 10.3. The van der Waals surface area contributed by atoms with Gasteiger partial charge in [-0.1, -0.05) is 48.1 Å². The van der Waals surface area contributed by atoms with Crippen LogP contribution in [0.2, 0.25) is 0 Å². The summed E-state index contributed by atoms with van der Waals surface area (Å²) in [6.07, 6.45) is 5.86. The topological polar surface area (TPSA) is 113 Å². The van der Waals surface area contributed by atoms with Gasteiger partial charge in [-0.2, -0.15) is 0 Å². The number of hydrogen-bond acceptors (Lipinski definition) is 7. The minimum atomic E-state index is -1.87. The number of aryl methyl sites for hydroxylation is 1. The van der Waals surface area contributed by atoms with Crippen LogP contribution < -0.4 is 14.4 Å². The zero-order valence-electron chi connectivity index (χ0n) is 27.3. The average molecular weight is 702 g/mol. The van der Waals surface area contributed by atoms with E-state index in [9.17, 15) is 24.3 Å². The maximum atomic E-state index is 14.3. The van der Waals surface area contributed by atoms with Crippen LogP contribution >= 0.6 is 23.2 Å². The summed E-state index contributed by atoms with van der Waals surface area (Å²) in [5.74, 6) is -3.53. The molecule has 3 aromatic carbocycles. The molecule has 11 heteroatoms. The van der Waals surface area contributed by atoms with E-state index in [0.717, 1.165) is 16.0 Å². The number of imide groups is 2. The standard InChI is InChI=1S/C38H34Cl2N2O7/c1-20-17-23(9-15-29(20)43)32-26-13-14-27-31(28(26)19-37(39)35(46)41(2)36(47)38(32,37)40)34(45)42(33(27)44)24-10-6-21(7-11-24)5-8-22-18-25(48-3)12-16-30(22)49-4/h5-13,15-18,27-28,31-32,43H,14,19H2,1-4H3/t27-,28+,31-,32-,37+,38-/m0/s1. The van der Waals surface area contributed by atoms with Crippen molar-refractivity contribution in [1.29, 1.82) is 0 Å². The van der Waals surface area contributed by atoms with Gasteiger partial charge in [-0.05, 0) is 78.8 Å². The Kier molecular flexibility index (Phi) is 7.91. The average Bonchev–Trinajstić information content (AvgIpc) is 3.43. The van der Waals surface area contributed by atoms with E-state index in [0.29, 0.717) is 33.9 Å². The van der Waals surface area contributed by atoms with Crippen molar-refractivity contribution in [3.63, 3.8) is 0 Å². The van der Waals surface area contributed by atoms with Gasteiger partial charge in [0, 0.05) is 18.5 Å². The van der Waals surface area contributed by atoms with Crippen molar-refractivity contribution in [2.75, 3.05) is 26.2 Å². The van der Waals surface area contributed by atoms with Gasteiger partial charge in [-0.15, -0.1) is 23.2 Å². The van der Waals surface area contributed by atoms with E-state index in [1.165, 1.54) is 18.0 Å². The van der Waals surface area contributed by atoms with Crippen LogP contribution in [0.15, 0.2) is 72.3 Å². The van der Waals surface area contributed by atoms with Crippen molar-refractivity contribution in [1.82, 2.24) is 4.90 Å². The van der Waals surface area contributed by atoms with E-state index >= 15 is 0 Å². The van der Waals surface area contributed by atoms with Crippen LogP contribution in [0.3, 0.4) is 0 Å². The van der Waals surface area contributed by atoms with Gasteiger partial charge < -0.3 is 14.6 Å². The lowest BCUT2D eigenvalue weighted by atomic mass is 9.56. The second kappa shape index (κ2) is 11.8. The molecule has 252 valence electrons. The number of methoxy groups -OCH3 is 2. The Bertz CT molecular complexity index is 1990. The first-order chi connectivity index (χ1) is 23.3. The number of halogens is 2. The number of phenols is 1. The summed E-state index contributed by atoms with van der Waals surface area (Å²) in [6, 6.07) is 17.5. The minimum absolute atomic E-state index is 0.0641. The van der Waals surface area contributed by atoms with Crippen LogP contribution in [0, 0.1) is 24.7 Å². The van der Waals surface area contributed by atoms with E-state index in [-0.39, 0.29) is 30.4 Å². The molecule has 7 rings (SSSR count). The van der Waals surface area contributed by atoms with E-state index in [1.807, 2.05) is 48.6 Å². The maximum Gasteiger partial charge on any atom is 0.253 e. The Hall–Kier alpha value is -4.60. The molecule has 0 aromatic heterocycles. The molecule has 3 fully saturated rings. The fourth-order valence-electron chi connectivity index (χ4n) is 8.12. The molecule has 0 radical (unpaired) electrons. The molecular weight excluding hydrogens is 667 g/mol. The van der Waals surface area contributed by atoms with Crippen molar-refractivity contribution in [2.45, 2.75) is 35.4 Å². The molecule has 0 spiro atoms. The third-order valence-electron chi connectivity index (χ3n) is 10.6. The first-order valence-electron chi connectivity index (χ1n) is 15.9. The number of amides is 4. The van der Waals surface area contributed by atoms with Crippen molar-refractivity contribution in [3.8, 4) is 17.2 Å². The van der Waals surface area contributed by atoms with Crippen LogP contribution in [0.25, 0.3) is 12.2 Å². The van der Waals surface area contributed by atoms with Gasteiger partial charge in [0.1, 0.15) is 17.2 Å². The number of alkyl halides is 2. The molecule has 2 aliphatic heterocycles. The number of benzene rings is 3. The molecule has 4 amide bonds. The molecule has 49 heavy (non-hydrogen) atoms. The number of allylic oxidation sites excluding steroid dienone is 2. The molecule has 9 nitrogen and oxygen atoms in total. The van der Waals surface area contributed by atoms with E-state index < -0.39 is 45.2 Å². The fraction of sp³-hybridized carbons (Fsp3) is 0.316. The molecule has 4 aliphatic rings. The van der Waals surface area contributed by atoms with Crippen molar-refractivity contribution >= 4 is 64.7 Å². The van der Waals surface area contributed by atoms with E-state index in [4.69, 9.17) is 32.7 Å². The van der Waals surface area contributed by atoms with Crippen LogP contribution in [-0.4, -0.2) is 64.7 Å². The predicted molar refractivity (Wildman–Crippen MR) is 186 cm³/mol. The van der Waals surface area contributed by atoms with Gasteiger partial charge >= 0.3 is 0 Å². The molecule has 2 aliphatic carbocycles. The smallest absolute Gasteiger partial charge is 0.253 e. The van der Waals surface area contributed by atoms with Gasteiger partial charge in [-0.25, -0.2) is 0 Å². The third kappa shape index (κ3) is 4.73. The summed E-state index contributed by atoms with van der Waals surface area (Å²) in [5.41, 5.74) is 3.93. The van der Waals surface area contributed by atoms with Crippen LogP contribution in [-0.2, 0) is 19.2 Å². The van der Waals surface area contributed by atoms with E-state index in [1.54, 1.807) is 45.4 Å². The number of phenolic OH excluding ortho intramolecular Hbond substituents is 1. The molecule has 3 aromatic rings. The highest BCUT2D eigenvalue weighted by molar-refractivity contribution is 6.53. The third-order valence-corrected chi connectivity index (χ3v) is 12.0. The van der Waals surface area contributed by atoms with Crippen molar-refractivity contribution in [2.24, 2.45) is 17.8 Å². The number of carbonyl (C=O) groups is 4. The number of ether oxygens (including phenoxy) is 2. The van der Waals surface area contributed by atoms with Crippen LogP contribution in [0.4, 0.5) is 5.69 Å². The first kappa shape index (κ1) is 32.9. The highest BCUT2D eigenvalue weighted by Gasteiger charge is 2.75. The van der Waals surface area contributed by atoms with Gasteiger partial charge in [0.05, 0.1) is 31.7 Å². The number of nitrogens with zero attached hydrogens (tertiary/aromatic N) is 2. The number of hydrogen-bond donors (Lipinski definition) is 1. The number of fused-ring (bicyclic) bond motifs is 4. The zero-order valence-corrected chi connectivity index (χ0v) is 28.8. The maximum absolute atomic E-state index is 14.3. The Morgan fingerprint density at radius 2 is 1.61 bits per heavy atom. The Morgan fingerprint density at radius 1 is 0.878 bits per heavy atom. The number of rotatable bonds is 6. The quantitative estimate of drug-likeness (QED) is 0.144. The molecule has 2 heterocycles. The van der Waals surface area contributed by atoms with Gasteiger partial charge in [0.25, 0.3) is 11.8 Å². The molecular formula is C38H34Cl2N2O7. The van der Waals surface area contributed by atoms with Crippen molar-refractivity contribution in [3.05, 3.63) is 94.6 Å². The molecule has 0 bridgehead atoms. The monoisotopic (exact) mass is 700 g/mol. The van der Waals surface area contributed by atoms with Crippen LogP contribution in [0.1, 0.15) is 41.0 Å². The number of aromatic hydroxyl groups is 1.